The van der Waals surface area contributed by atoms with E-state index in [1.807, 2.05) is 91.0 Å². The Labute approximate surface area is 193 Å². The number of nitrogens with one attached hydrogen (secondary N) is 1. The lowest BCUT2D eigenvalue weighted by molar-refractivity contribution is -0.126. The Morgan fingerprint density at radius 2 is 1.48 bits per heavy atom. The summed E-state index contributed by atoms with van der Waals surface area (Å²) in [4.78, 5) is 27.5. The second kappa shape index (κ2) is 10.8. The maximum absolute atomic E-state index is 13.3. The monoisotopic (exact) mass is 444 g/mol. The first-order valence-electron chi connectivity index (χ1n) is 11.2. The van der Waals surface area contributed by atoms with E-state index in [-0.39, 0.29) is 12.5 Å². The van der Waals surface area contributed by atoms with Gasteiger partial charge in [-0.15, -0.1) is 0 Å². The molecule has 3 atom stereocenters. The van der Waals surface area contributed by atoms with E-state index in [0.717, 1.165) is 17.5 Å². The summed E-state index contributed by atoms with van der Waals surface area (Å²) in [6.07, 6.45) is -0.167. The van der Waals surface area contributed by atoms with E-state index in [4.69, 9.17) is 4.74 Å². The summed E-state index contributed by atoms with van der Waals surface area (Å²) in [5, 5.41) is 14.1. The summed E-state index contributed by atoms with van der Waals surface area (Å²) in [5.41, 5.74) is 2.39. The number of aliphatic hydroxyl groups is 1. The smallest absolute Gasteiger partial charge is 0.410 e. The Balaban J connectivity index is 1.47. The molecule has 1 aliphatic heterocycles. The van der Waals surface area contributed by atoms with Gasteiger partial charge in [0.1, 0.15) is 18.8 Å². The Morgan fingerprint density at radius 3 is 2.12 bits per heavy atom. The fourth-order valence-corrected chi connectivity index (χ4v) is 4.16. The van der Waals surface area contributed by atoms with E-state index in [1.165, 1.54) is 4.90 Å². The molecule has 0 aromatic heterocycles. The zero-order chi connectivity index (χ0) is 23.0. The molecule has 2 amide bonds. The number of carbonyl (C=O) groups is 2. The molecule has 6 heteroatoms. The first-order chi connectivity index (χ1) is 16.1. The van der Waals surface area contributed by atoms with Crippen molar-refractivity contribution in [2.24, 2.45) is 0 Å². The Bertz CT molecular complexity index is 1040. The number of aliphatic hydroxyl groups excluding tert-OH is 1. The van der Waals surface area contributed by atoms with Crippen molar-refractivity contribution in [1.82, 2.24) is 10.2 Å². The first-order valence-corrected chi connectivity index (χ1v) is 11.2. The molecule has 170 valence electrons. The molecule has 0 unspecified atom stereocenters. The minimum Gasteiger partial charge on any atom is -0.445 e. The summed E-state index contributed by atoms with van der Waals surface area (Å²) in [7, 11) is 0. The second-order valence-electron chi connectivity index (χ2n) is 8.14. The standard InChI is InChI=1S/C27H28N2O4/c30-25(22-15-8-3-9-16-22)24(21-13-6-2-7-14-21)28-26(31)23-17-10-18-29(23)27(32)33-19-20-11-4-1-5-12-20/h1-9,11-16,23-25,30H,10,17-19H2,(H,28,31)/t23-,24-,25+/m0/s1. The lowest BCUT2D eigenvalue weighted by atomic mass is 9.95. The van der Waals surface area contributed by atoms with Crippen LogP contribution in [0.3, 0.4) is 0 Å². The number of amides is 2. The van der Waals surface area contributed by atoms with Crippen LogP contribution in [-0.4, -0.2) is 34.6 Å². The highest BCUT2D eigenvalue weighted by atomic mass is 16.6. The average molecular weight is 445 g/mol. The zero-order valence-electron chi connectivity index (χ0n) is 18.3. The van der Waals surface area contributed by atoms with Gasteiger partial charge in [-0.2, -0.15) is 0 Å². The van der Waals surface area contributed by atoms with Crippen molar-refractivity contribution < 1.29 is 19.4 Å². The van der Waals surface area contributed by atoms with Crippen LogP contribution in [0.15, 0.2) is 91.0 Å². The van der Waals surface area contributed by atoms with Crippen LogP contribution in [0.25, 0.3) is 0 Å². The number of likely N-dealkylation sites (tertiary alicyclic amines) is 1. The summed E-state index contributed by atoms with van der Waals surface area (Å²) in [6.45, 7) is 0.618. The number of carbonyl (C=O) groups excluding carboxylic acids is 2. The van der Waals surface area contributed by atoms with Crippen LogP contribution < -0.4 is 5.32 Å². The third-order valence-electron chi connectivity index (χ3n) is 5.91. The topological polar surface area (TPSA) is 78.9 Å². The Hall–Kier alpha value is -3.64. The number of benzene rings is 3. The predicted molar refractivity (Wildman–Crippen MR) is 125 cm³/mol. The molecule has 1 heterocycles. The third-order valence-corrected chi connectivity index (χ3v) is 5.91. The molecule has 0 aliphatic carbocycles. The normalized spacial score (nSPS) is 17.2. The minimum absolute atomic E-state index is 0.157. The highest BCUT2D eigenvalue weighted by Crippen LogP contribution is 2.30. The molecule has 33 heavy (non-hydrogen) atoms. The number of hydrogen-bond donors (Lipinski definition) is 2. The van der Waals surface area contributed by atoms with E-state index in [2.05, 4.69) is 5.32 Å². The van der Waals surface area contributed by atoms with Crippen molar-refractivity contribution in [1.29, 1.82) is 0 Å². The molecular weight excluding hydrogens is 416 g/mol. The molecule has 0 saturated carbocycles. The summed E-state index contributed by atoms with van der Waals surface area (Å²) in [6, 6.07) is 26.8. The highest BCUT2D eigenvalue weighted by molar-refractivity contribution is 5.86. The van der Waals surface area contributed by atoms with E-state index in [0.29, 0.717) is 18.5 Å². The predicted octanol–water partition coefficient (Wildman–Crippen LogP) is 4.38. The number of rotatable bonds is 7. The van der Waals surface area contributed by atoms with Gasteiger partial charge in [0.25, 0.3) is 0 Å². The van der Waals surface area contributed by atoms with Gasteiger partial charge in [0.05, 0.1) is 6.04 Å². The van der Waals surface area contributed by atoms with Crippen LogP contribution in [0.1, 0.15) is 41.7 Å². The summed E-state index contributed by atoms with van der Waals surface area (Å²) >= 11 is 0. The SMILES string of the molecule is O=C(N[C@@H](c1ccccc1)[C@H](O)c1ccccc1)[C@@H]1CCCN1C(=O)OCc1ccccc1. The average Bonchev–Trinajstić information content (AvgIpc) is 3.37. The molecule has 1 aliphatic rings. The van der Waals surface area contributed by atoms with Crippen LogP contribution in [0.2, 0.25) is 0 Å². The zero-order valence-corrected chi connectivity index (χ0v) is 18.3. The first kappa shape index (κ1) is 22.6. The highest BCUT2D eigenvalue weighted by Gasteiger charge is 2.37. The van der Waals surface area contributed by atoms with Gasteiger partial charge >= 0.3 is 6.09 Å². The maximum atomic E-state index is 13.3. The molecule has 2 N–H and O–H groups in total. The van der Waals surface area contributed by atoms with Gasteiger partial charge in [-0.05, 0) is 29.5 Å². The molecule has 0 spiro atoms. The Kier molecular flexibility index (Phi) is 7.37. The lowest BCUT2D eigenvalue weighted by Crippen LogP contribution is -2.47. The molecule has 6 nitrogen and oxygen atoms in total. The number of ether oxygens (including phenoxy) is 1. The van der Waals surface area contributed by atoms with Crippen molar-refractivity contribution in [2.75, 3.05) is 6.54 Å². The van der Waals surface area contributed by atoms with E-state index >= 15 is 0 Å². The molecule has 1 fully saturated rings. The molecule has 3 aromatic rings. The third kappa shape index (κ3) is 5.59. The fourth-order valence-electron chi connectivity index (χ4n) is 4.16. The fraction of sp³-hybridized carbons (Fsp3) is 0.259. The molecule has 0 bridgehead atoms. The minimum atomic E-state index is -0.933. The molecule has 4 rings (SSSR count). The molecular formula is C27H28N2O4. The lowest BCUT2D eigenvalue weighted by Gasteiger charge is -2.29. The van der Waals surface area contributed by atoms with Crippen LogP contribution in [-0.2, 0) is 16.1 Å². The Morgan fingerprint density at radius 1 is 0.909 bits per heavy atom. The van der Waals surface area contributed by atoms with E-state index < -0.39 is 24.3 Å². The van der Waals surface area contributed by atoms with Gasteiger partial charge in [0, 0.05) is 6.54 Å². The maximum Gasteiger partial charge on any atom is 0.410 e. The van der Waals surface area contributed by atoms with Crippen LogP contribution in [0.5, 0.6) is 0 Å². The van der Waals surface area contributed by atoms with Crippen molar-refractivity contribution in [3.8, 4) is 0 Å². The van der Waals surface area contributed by atoms with Crippen LogP contribution in [0, 0.1) is 0 Å². The van der Waals surface area contributed by atoms with Gasteiger partial charge in [-0.25, -0.2) is 4.79 Å². The summed E-state index contributed by atoms with van der Waals surface area (Å²) < 4.78 is 5.46. The van der Waals surface area contributed by atoms with Crippen LogP contribution in [0.4, 0.5) is 4.79 Å². The van der Waals surface area contributed by atoms with Crippen molar-refractivity contribution in [3.63, 3.8) is 0 Å². The molecule has 3 aromatic carbocycles. The number of hydrogen-bond acceptors (Lipinski definition) is 4. The van der Waals surface area contributed by atoms with E-state index in [9.17, 15) is 14.7 Å². The summed E-state index contributed by atoms with van der Waals surface area (Å²) in [5.74, 6) is -0.298. The quantitative estimate of drug-likeness (QED) is 0.567. The molecule has 1 saturated heterocycles. The van der Waals surface area contributed by atoms with Gasteiger partial charge in [0.15, 0.2) is 0 Å². The van der Waals surface area contributed by atoms with Gasteiger partial charge in [0.2, 0.25) is 5.91 Å². The van der Waals surface area contributed by atoms with Crippen molar-refractivity contribution in [2.45, 2.75) is 37.6 Å². The van der Waals surface area contributed by atoms with Crippen molar-refractivity contribution >= 4 is 12.0 Å². The van der Waals surface area contributed by atoms with Crippen LogP contribution >= 0.6 is 0 Å². The molecule has 0 radical (unpaired) electrons. The van der Waals surface area contributed by atoms with Crippen molar-refractivity contribution in [3.05, 3.63) is 108 Å². The second-order valence-corrected chi connectivity index (χ2v) is 8.14. The van der Waals surface area contributed by atoms with Gasteiger partial charge in [-0.3, -0.25) is 9.69 Å². The number of nitrogens with zero attached hydrogens (tertiary/aromatic N) is 1. The van der Waals surface area contributed by atoms with Gasteiger partial charge < -0.3 is 15.2 Å². The van der Waals surface area contributed by atoms with E-state index in [1.54, 1.807) is 0 Å². The largest absolute Gasteiger partial charge is 0.445 e. The van der Waals surface area contributed by atoms with Gasteiger partial charge in [-0.1, -0.05) is 91.0 Å².